The number of hydrogen-bond acceptors (Lipinski definition) is 7. The molecule has 0 N–H and O–H groups in total. The molecule has 0 spiro atoms. The van der Waals surface area contributed by atoms with Gasteiger partial charge >= 0.3 is 5.97 Å². The van der Waals surface area contributed by atoms with Gasteiger partial charge in [-0.1, -0.05) is 9.59 Å². The molecule has 0 unspecified atom stereocenters. The van der Waals surface area contributed by atoms with Crippen LogP contribution in [0.15, 0.2) is 0 Å². The van der Waals surface area contributed by atoms with E-state index >= 15 is 0 Å². The first-order valence-electron chi connectivity index (χ1n) is 3.67. The van der Waals surface area contributed by atoms with E-state index in [4.69, 9.17) is 0 Å². The number of esters is 1. The van der Waals surface area contributed by atoms with Crippen LogP contribution in [0.25, 0.3) is 0 Å². The van der Waals surface area contributed by atoms with E-state index in [1.807, 2.05) is 11.9 Å². The van der Waals surface area contributed by atoms with Gasteiger partial charge in [-0.15, -0.1) is 0 Å². The van der Waals surface area contributed by atoms with Crippen molar-refractivity contribution in [2.24, 2.45) is 0 Å². The van der Waals surface area contributed by atoms with E-state index in [1.165, 1.54) is 18.6 Å². The van der Waals surface area contributed by atoms with Crippen LogP contribution >= 0.6 is 11.5 Å². The minimum atomic E-state index is -0.232. The zero-order valence-electron chi connectivity index (χ0n) is 7.43. The fourth-order valence-corrected chi connectivity index (χ4v) is 1.18. The van der Waals surface area contributed by atoms with Crippen LogP contribution in [0.5, 0.6) is 0 Å². The topological polar surface area (TPSA) is 68.2 Å². The Labute approximate surface area is 79.7 Å². The number of rotatable bonds is 4. The fourth-order valence-electron chi connectivity index (χ4n) is 0.732. The van der Waals surface area contributed by atoms with Crippen molar-refractivity contribution in [3.8, 4) is 0 Å². The van der Waals surface area contributed by atoms with Gasteiger partial charge in [0.25, 0.3) is 0 Å². The lowest BCUT2D eigenvalue weighted by molar-refractivity contribution is -0.140. The second-order valence-corrected chi connectivity index (χ2v) is 3.10. The molecule has 0 aliphatic heterocycles. The van der Waals surface area contributed by atoms with Gasteiger partial charge in [-0.3, -0.25) is 4.79 Å². The van der Waals surface area contributed by atoms with Crippen molar-refractivity contribution in [3.05, 3.63) is 0 Å². The Morgan fingerprint density at radius 3 is 3.00 bits per heavy atom. The number of hydrogen-bond donors (Lipinski definition) is 0. The summed E-state index contributed by atoms with van der Waals surface area (Å²) in [5, 5.41) is 7.90. The lowest BCUT2D eigenvalue weighted by atomic mass is 10.4. The molecule has 1 aromatic heterocycles. The van der Waals surface area contributed by atoms with Crippen LogP contribution in [0, 0.1) is 0 Å². The molecule has 7 heteroatoms. The lowest BCUT2D eigenvalue weighted by Gasteiger charge is -2.12. The van der Waals surface area contributed by atoms with Gasteiger partial charge in [0.1, 0.15) is 0 Å². The summed E-state index contributed by atoms with van der Waals surface area (Å²) in [6.07, 6.45) is 0.340. The molecule has 0 bridgehead atoms. The Kier molecular flexibility index (Phi) is 3.56. The highest BCUT2D eigenvalue weighted by atomic mass is 32.1. The Morgan fingerprint density at radius 2 is 2.46 bits per heavy atom. The van der Waals surface area contributed by atoms with Crippen molar-refractivity contribution in [2.45, 2.75) is 6.42 Å². The highest BCUT2D eigenvalue weighted by Crippen LogP contribution is 2.10. The predicted octanol–water partition coefficient (Wildman–Crippen LogP) is -0.0676. The summed E-state index contributed by atoms with van der Waals surface area (Å²) in [4.78, 5) is 12.6. The molecular formula is C6H10N4O2S. The molecule has 1 heterocycles. The van der Waals surface area contributed by atoms with E-state index in [2.05, 4.69) is 19.5 Å². The van der Waals surface area contributed by atoms with Crippen LogP contribution < -0.4 is 4.90 Å². The van der Waals surface area contributed by atoms with Gasteiger partial charge in [0.2, 0.25) is 5.13 Å². The molecule has 0 saturated carbocycles. The SMILES string of the molecule is COC(=O)CCN(C)c1nnns1. The van der Waals surface area contributed by atoms with E-state index in [1.54, 1.807) is 0 Å². The first-order chi connectivity index (χ1) is 6.24. The van der Waals surface area contributed by atoms with Crippen LogP contribution in [0.3, 0.4) is 0 Å². The molecule has 6 nitrogen and oxygen atoms in total. The maximum Gasteiger partial charge on any atom is 0.307 e. The molecule has 0 aliphatic rings. The van der Waals surface area contributed by atoms with E-state index in [0.29, 0.717) is 18.1 Å². The third-order valence-electron chi connectivity index (χ3n) is 1.49. The summed E-state index contributed by atoms with van der Waals surface area (Å²) in [6, 6.07) is 0. The van der Waals surface area contributed by atoms with Gasteiger partial charge in [0, 0.05) is 25.1 Å². The third kappa shape index (κ3) is 2.94. The maximum atomic E-state index is 10.8. The molecule has 13 heavy (non-hydrogen) atoms. The lowest BCUT2D eigenvalue weighted by Crippen LogP contribution is -2.21. The van der Waals surface area contributed by atoms with Crippen molar-refractivity contribution < 1.29 is 9.53 Å². The van der Waals surface area contributed by atoms with Crippen molar-refractivity contribution in [1.82, 2.24) is 14.8 Å². The summed E-state index contributed by atoms with van der Waals surface area (Å²) >= 11 is 1.19. The second-order valence-electron chi connectivity index (χ2n) is 2.39. The summed E-state index contributed by atoms with van der Waals surface area (Å²) in [7, 11) is 3.19. The monoisotopic (exact) mass is 202 g/mol. The largest absolute Gasteiger partial charge is 0.469 e. The molecular weight excluding hydrogens is 192 g/mol. The first-order valence-corrected chi connectivity index (χ1v) is 4.44. The standard InChI is InChI=1S/C6H10N4O2S/c1-10(4-3-5(11)12-2)6-7-8-9-13-6/h3-4H2,1-2H3. The van der Waals surface area contributed by atoms with E-state index in [9.17, 15) is 4.79 Å². The average molecular weight is 202 g/mol. The van der Waals surface area contributed by atoms with Gasteiger partial charge in [-0.05, 0) is 5.21 Å². The van der Waals surface area contributed by atoms with Gasteiger partial charge < -0.3 is 9.64 Å². The minimum absolute atomic E-state index is 0.232. The minimum Gasteiger partial charge on any atom is -0.469 e. The van der Waals surface area contributed by atoms with Crippen LogP contribution in [0.2, 0.25) is 0 Å². The highest BCUT2D eigenvalue weighted by molar-refractivity contribution is 7.09. The molecule has 0 amide bonds. The van der Waals surface area contributed by atoms with E-state index < -0.39 is 0 Å². The van der Waals surface area contributed by atoms with Gasteiger partial charge in [0.05, 0.1) is 13.5 Å². The normalized spacial score (nSPS) is 9.69. The smallest absolute Gasteiger partial charge is 0.307 e. The van der Waals surface area contributed by atoms with Crippen LogP contribution in [0.1, 0.15) is 6.42 Å². The Balaban J connectivity index is 2.34. The summed E-state index contributed by atoms with van der Waals surface area (Å²) in [5.74, 6) is -0.232. The fraction of sp³-hybridized carbons (Fsp3) is 0.667. The zero-order valence-corrected chi connectivity index (χ0v) is 8.24. The highest BCUT2D eigenvalue weighted by Gasteiger charge is 2.07. The average Bonchev–Trinajstić information content (AvgIpc) is 2.66. The van der Waals surface area contributed by atoms with Crippen molar-refractivity contribution in [2.75, 3.05) is 25.6 Å². The molecule has 0 saturated heterocycles. The Morgan fingerprint density at radius 1 is 1.69 bits per heavy atom. The van der Waals surface area contributed by atoms with Crippen molar-refractivity contribution in [3.63, 3.8) is 0 Å². The summed E-state index contributed by atoms with van der Waals surface area (Å²) in [6.45, 7) is 0.559. The number of carbonyl (C=O) groups is 1. The number of carbonyl (C=O) groups excluding carboxylic acids is 1. The molecule has 1 rings (SSSR count). The molecule has 1 aromatic rings. The number of methoxy groups -OCH3 is 1. The Bertz CT molecular complexity index is 264. The summed E-state index contributed by atoms with van der Waals surface area (Å²) < 4.78 is 8.12. The predicted molar refractivity (Wildman–Crippen MR) is 47.6 cm³/mol. The van der Waals surface area contributed by atoms with E-state index in [0.717, 1.165) is 0 Å². The number of aromatic nitrogens is 3. The quantitative estimate of drug-likeness (QED) is 0.637. The first kappa shape index (κ1) is 9.85. The number of anilines is 1. The van der Waals surface area contributed by atoms with Crippen LogP contribution in [-0.2, 0) is 9.53 Å². The van der Waals surface area contributed by atoms with Crippen molar-refractivity contribution in [1.29, 1.82) is 0 Å². The molecule has 0 atom stereocenters. The molecule has 0 aromatic carbocycles. The number of ether oxygens (including phenoxy) is 1. The van der Waals surface area contributed by atoms with Crippen molar-refractivity contribution >= 4 is 22.6 Å². The molecule has 72 valence electrons. The summed E-state index contributed by atoms with van der Waals surface area (Å²) in [5.41, 5.74) is 0. The van der Waals surface area contributed by atoms with Crippen LogP contribution in [-0.4, -0.2) is 41.5 Å². The Hall–Kier alpha value is -1.24. The third-order valence-corrected chi connectivity index (χ3v) is 2.21. The maximum absolute atomic E-state index is 10.8. The van der Waals surface area contributed by atoms with E-state index in [-0.39, 0.29) is 5.97 Å². The zero-order chi connectivity index (χ0) is 9.68. The van der Waals surface area contributed by atoms with Crippen LogP contribution in [0.4, 0.5) is 5.13 Å². The van der Waals surface area contributed by atoms with Gasteiger partial charge in [0.15, 0.2) is 0 Å². The van der Waals surface area contributed by atoms with Gasteiger partial charge in [-0.2, -0.15) is 0 Å². The van der Waals surface area contributed by atoms with Gasteiger partial charge in [-0.25, -0.2) is 0 Å². The molecule has 0 aliphatic carbocycles. The number of nitrogens with zero attached hydrogens (tertiary/aromatic N) is 4. The molecule has 0 radical (unpaired) electrons. The molecule has 0 fully saturated rings. The second kappa shape index (κ2) is 4.70.